The van der Waals surface area contributed by atoms with Crippen molar-refractivity contribution in [2.24, 2.45) is 0 Å². The van der Waals surface area contributed by atoms with E-state index in [1.165, 1.54) is 12.1 Å². The third-order valence-electron chi connectivity index (χ3n) is 4.88. The van der Waals surface area contributed by atoms with Gasteiger partial charge in [0.05, 0.1) is 5.52 Å². The van der Waals surface area contributed by atoms with Gasteiger partial charge in [-0.2, -0.15) is 0 Å². The van der Waals surface area contributed by atoms with E-state index < -0.39 is 11.6 Å². The SMILES string of the molecule is Cc1cc2oc(=O)cc(COC(=O)/C=C/c3cccc4cccnc34)c2cc1C. The largest absolute Gasteiger partial charge is 0.458 e. The van der Waals surface area contributed by atoms with Crippen molar-refractivity contribution >= 4 is 33.9 Å². The highest BCUT2D eigenvalue weighted by Gasteiger charge is 2.09. The summed E-state index contributed by atoms with van der Waals surface area (Å²) >= 11 is 0. The van der Waals surface area contributed by atoms with Gasteiger partial charge >= 0.3 is 11.6 Å². The third-order valence-corrected chi connectivity index (χ3v) is 4.88. The number of ether oxygens (including phenoxy) is 1. The van der Waals surface area contributed by atoms with Crippen molar-refractivity contribution in [3.05, 3.63) is 93.5 Å². The number of carbonyl (C=O) groups excluding carboxylic acids is 1. The molecule has 0 aliphatic carbocycles. The maximum Gasteiger partial charge on any atom is 0.336 e. The predicted octanol–water partition coefficient (Wildman–Crippen LogP) is 4.71. The first-order valence-electron chi connectivity index (χ1n) is 9.24. The Hall–Kier alpha value is -3.73. The van der Waals surface area contributed by atoms with Crippen molar-refractivity contribution in [3.63, 3.8) is 0 Å². The normalized spacial score (nSPS) is 11.4. The summed E-state index contributed by atoms with van der Waals surface area (Å²) in [6.45, 7) is 3.92. The third kappa shape index (κ3) is 3.94. The number of nitrogens with zero attached hydrogens (tertiary/aromatic N) is 1. The molecule has 0 unspecified atom stereocenters. The molecule has 0 saturated carbocycles. The Balaban J connectivity index is 1.55. The first-order valence-corrected chi connectivity index (χ1v) is 9.24. The number of benzene rings is 2. The second kappa shape index (κ2) is 7.72. The van der Waals surface area contributed by atoms with E-state index in [1.807, 2.05) is 56.3 Å². The van der Waals surface area contributed by atoms with Crippen LogP contribution < -0.4 is 5.63 Å². The summed E-state index contributed by atoms with van der Waals surface area (Å²) in [5, 5.41) is 1.76. The van der Waals surface area contributed by atoms with Gasteiger partial charge in [0.2, 0.25) is 0 Å². The van der Waals surface area contributed by atoms with Crippen LogP contribution in [-0.2, 0) is 16.1 Å². The molecule has 144 valence electrons. The molecule has 0 N–H and O–H groups in total. The molecule has 2 aromatic heterocycles. The highest BCUT2D eigenvalue weighted by atomic mass is 16.5. The second-order valence-electron chi connectivity index (χ2n) is 6.89. The molecule has 5 heteroatoms. The summed E-state index contributed by atoms with van der Waals surface area (Å²) < 4.78 is 10.6. The van der Waals surface area contributed by atoms with E-state index in [4.69, 9.17) is 9.15 Å². The fourth-order valence-corrected chi connectivity index (χ4v) is 3.22. The quantitative estimate of drug-likeness (QED) is 0.289. The minimum atomic E-state index is -0.497. The smallest absolute Gasteiger partial charge is 0.336 e. The van der Waals surface area contributed by atoms with E-state index in [2.05, 4.69) is 4.98 Å². The fourth-order valence-electron chi connectivity index (χ4n) is 3.22. The van der Waals surface area contributed by atoms with Crippen LogP contribution in [0.3, 0.4) is 0 Å². The molecule has 0 spiro atoms. The van der Waals surface area contributed by atoms with Crippen LogP contribution in [0.2, 0.25) is 0 Å². The van der Waals surface area contributed by atoms with Gasteiger partial charge in [0.15, 0.2) is 0 Å². The number of aryl methyl sites for hydroxylation is 2. The van der Waals surface area contributed by atoms with Gasteiger partial charge in [0.1, 0.15) is 12.2 Å². The molecule has 2 heterocycles. The van der Waals surface area contributed by atoms with Crippen molar-refractivity contribution in [1.82, 2.24) is 4.98 Å². The molecule has 0 radical (unpaired) electrons. The second-order valence-corrected chi connectivity index (χ2v) is 6.89. The number of hydrogen-bond donors (Lipinski definition) is 0. The van der Waals surface area contributed by atoms with Crippen molar-refractivity contribution < 1.29 is 13.9 Å². The maximum atomic E-state index is 12.2. The molecule has 0 fully saturated rings. The molecule has 0 amide bonds. The summed E-state index contributed by atoms with van der Waals surface area (Å²) in [5.41, 5.74) is 4.39. The first kappa shape index (κ1) is 18.6. The van der Waals surface area contributed by atoms with Gasteiger partial charge in [-0.1, -0.05) is 24.3 Å². The number of rotatable bonds is 4. The minimum absolute atomic E-state index is 0.0123. The van der Waals surface area contributed by atoms with Crippen LogP contribution in [0.1, 0.15) is 22.3 Å². The lowest BCUT2D eigenvalue weighted by Crippen LogP contribution is -2.06. The molecule has 0 aliphatic rings. The zero-order chi connectivity index (χ0) is 20.4. The summed E-state index contributed by atoms with van der Waals surface area (Å²) in [6.07, 6.45) is 4.77. The average Bonchev–Trinajstić information content (AvgIpc) is 2.71. The van der Waals surface area contributed by atoms with Crippen LogP contribution in [0.25, 0.3) is 27.9 Å². The lowest BCUT2D eigenvalue weighted by molar-refractivity contribution is -0.138. The van der Waals surface area contributed by atoms with Crippen LogP contribution in [-0.4, -0.2) is 11.0 Å². The summed E-state index contributed by atoms with van der Waals surface area (Å²) in [5.74, 6) is -0.497. The molecule has 4 aromatic rings. The zero-order valence-electron chi connectivity index (χ0n) is 16.1. The molecular formula is C24H19NO4. The van der Waals surface area contributed by atoms with Crippen molar-refractivity contribution in [2.45, 2.75) is 20.5 Å². The van der Waals surface area contributed by atoms with Crippen LogP contribution in [0.15, 0.2) is 70.0 Å². The number of pyridine rings is 1. The van der Waals surface area contributed by atoms with Gasteiger partial charge in [-0.15, -0.1) is 0 Å². The molecule has 5 nitrogen and oxygen atoms in total. The minimum Gasteiger partial charge on any atom is -0.458 e. The summed E-state index contributed by atoms with van der Waals surface area (Å²) in [7, 11) is 0. The summed E-state index contributed by atoms with van der Waals surface area (Å²) in [4.78, 5) is 28.5. The molecular weight excluding hydrogens is 366 g/mol. The number of carbonyl (C=O) groups is 1. The molecule has 0 aliphatic heterocycles. The Morgan fingerprint density at radius 2 is 1.90 bits per heavy atom. The van der Waals surface area contributed by atoms with E-state index in [1.54, 1.807) is 12.3 Å². The molecule has 29 heavy (non-hydrogen) atoms. The Labute approximate surface area is 167 Å². The molecule has 0 atom stereocenters. The Morgan fingerprint density at radius 1 is 1.10 bits per heavy atom. The van der Waals surface area contributed by atoms with Crippen LogP contribution in [0.4, 0.5) is 0 Å². The first-order chi connectivity index (χ1) is 14.0. The van der Waals surface area contributed by atoms with Crippen LogP contribution in [0, 0.1) is 13.8 Å². The highest BCUT2D eigenvalue weighted by Crippen LogP contribution is 2.22. The lowest BCUT2D eigenvalue weighted by Gasteiger charge is -2.08. The fraction of sp³-hybridized carbons (Fsp3) is 0.125. The maximum absolute atomic E-state index is 12.2. The van der Waals surface area contributed by atoms with E-state index in [0.29, 0.717) is 11.1 Å². The van der Waals surface area contributed by atoms with Gasteiger partial charge in [-0.25, -0.2) is 9.59 Å². The molecule has 4 rings (SSSR count). The van der Waals surface area contributed by atoms with Crippen molar-refractivity contribution in [1.29, 1.82) is 0 Å². The predicted molar refractivity (Wildman–Crippen MR) is 113 cm³/mol. The number of esters is 1. The Kier molecular flexibility index (Phi) is 4.96. The molecule has 0 bridgehead atoms. The van der Waals surface area contributed by atoms with E-state index in [9.17, 15) is 9.59 Å². The van der Waals surface area contributed by atoms with Crippen LogP contribution >= 0.6 is 0 Å². The Morgan fingerprint density at radius 3 is 2.76 bits per heavy atom. The lowest BCUT2D eigenvalue weighted by atomic mass is 10.0. The van der Waals surface area contributed by atoms with Gasteiger partial charge < -0.3 is 9.15 Å². The monoisotopic (exact) mass is 385 g/mol. The highest BCUT2D eigenvalue weighted by molar-refractivity contribution is 5.93. The zero-order valence-corrected chi connectivity index (χ0v) is 16.1. The standard InChI is InChI=1S/C24H19NO4/c1-15-11-20-19(13-23(27)29-21(20)12-16(15)2)14-28-22(26)9-8-18-6-3-5-17-7-4-10-25-24(17)18/h3-13H,14H2,1-2H3/b9-8+. The van der Waals surface area contributed by atoms with E-state index in [0.717, 1.165) is 33.0 Å². The van der Waals surface area contributed by atoms with Gasteiger partial charge in [0.25, 0.3) is 0 Å². The average molecular weight is 385 g/mol. The number of fused-ring (bicyclic) bond motifs is 2. The summed E-state index contributed by atoms with van der Waals surface area (Å²) in [6, 6.07) is 14.7. The van der Waals surface area contributed by atoms with Gasteiger partial charge in [0, 0.05) is 40.2 Å². The number of hydrogen-bond acceptors (Lipinski definition) is 5. The van der Waals surface area contributed by atoms with E-state index >= 15 is 0 Å². The topological polar surface area (TPSA) is 69.4 Å². The number of aromatic nitrogens is 1. The Bertz CT molecular complexity index is 1310. The van der Waals surface area contributed by atoms with Crippen molar-refractivity contribution in [3.8, 4) is 0 Å². The molecule has 0 saturated heterocycles. The molecule has 2 aromatic carbocycles. The van der Waals surface area contributed by atoms with E-state index in [-0.39, 0.29) is 6.61 Å². The van der Waals surface area contributed by atoms with Crippen LogP contribution in [0.5, 0.6) is 0 Å². The number of para-hydroxylation sites is 1. The van der Waals surface area contributed by atoms with Crippen molar-refractivity contribution in [2.75, 3.05) is 0 Å². The van der Waals surface area contributed by atoms with Gasteiger partial charge in [-0.3, -0.25) is 4.98 Å². The van der Waals surface area contributed by atoms with Gasteiger partial charge in [-0.05, 0) is 49.2 Å².